The number of halogens is 1. The van der Waals surface area contributed by atoms with Gasteiger partial charge in [0.05, 0.1) is 11.2 Å². The van der Waals surface area contributed by atoms with Gasteiger partial charge in [0.15, 0.2) is 5.82 Å². The van der Waals surface area contributed by atoms with Crippen LogP contribution in [0, 0.1) is 5.82 Å². The Morgan fingerprint density at radius 3 is 2.76 bits per heavy atom. The number of nitrogens with zero attached hydrogens (tertiary/aromatic N) is 4. The van der Waals surface area contributed by atoms with Crippen molar-refractivity contribution in [3.05, 3.63) is 76.8 Å². The first-order valence-electron chi connectivity index (χ1n) is 12.4. The zero-order valence-electron chi connectivity index (χ0n) is 21.5. The topological polar surface area (TPSA) is 112 Å². The van der Waals surface area contributed by atoms with E-state index in [9.17, 15) is 19.1 Å². The number of urea groups is 1. The largest absolute Gasteiger partial charge is 0.389 e. The predicted octanol–water partition coefficient (Wildman–Crippen LogP) is 3.11. The van der Waals surface area contributed by atoms with Gasteiger partial charge in [-0.05, 0) is 68.5 Å². The summed E-state index contributed by atoms with van der Waals surface area (Å²) in [5, 5.41) is 23.6. The minimum Gasteiger partial charge on any atom is -0.389 e. The highest BCUT2D eigenvalue weighted by atomic mass is 19.1. The molecule has 0 spiro atoms. The number of aliphatic hydroxyl groups is 1. The maximum Gasteiger partial charge on any atom is 0.317 e. The zero-order valence-corrected chi connectivity index (χ0v) is 21.5. The van der Waals surface area contributed by atoms with Gasteiger partial charge in [0.1, 0.15) is 11.6 Å². The molecular weight excluding hydrogens is 475 g/mol. The van der Waals surface area contributed by atoms with Crippen LogP contribution in [0.5, 0.6) is 0 Å². The number of hydrogen-bond donors (Lipinski definition) is 3. The van der Waals surface area contributed by atoms with Crippen molar-refractivity contribution in [2.75, 3.05) is 13.1 Å². The second kappa shape index (κ2) is 10.7. The van der Waals surface area contributed by atoms with E-state index in [1.54, 1.807) is 30.9 Å². The lowest BCUT2D eigenvalue weighted by atomic mass is 9.96. The van der Waals surface area contributed by atoms with Crippen LogP contribution in [0.2, 0.25) is 0 Å². The molecule has 2 aromatic rings. The molecule has 0 unspecified atom stereocenters. The molecule has 0 aliphatic carbocycles. The van der Waals surface area contributed by atoms with Gasteiger partial charge in [-0.15, -0.1) is 10.2 Å². The second-order valence-electron chi connectivity index (χ2n) is 10.1. The van der Waals surface area contributed by atoms with Gasteiger partial charge in [0.2, 0.25) is 0 Å². The minimum atomic E-state index is -1.03. The van der Waals surface area contributed by atoms with E-state index >= 15 is 0 Å². The molecule has 0 atom stereocenters. The van der Waals surface area contributed by atoms with Crippen LogP contribution in [0.3, 0.4) is 0 Å². The standard InChI is InChI=1S/C27H33FN6O3/c1-17(24-32-31-23-9-6-11-34(23)24)7-5-8-18(2)30-25(35)21-13-20-15-33(12-10-19(20)14-22(21)28)26(36)29-16-27(3,4)37/h5,7-8,13-14,37H,2,6,9-12,15-16H2,1,3-4H3,(H,29,36)(H,30,35)/b8-5-,17-7+. The third-order valence-electron chi connectivity index (χ3n) is 6.39. The molecule has 10 heteroatoms. The maximum atomic E-state index is 14.8. The molecule has 3 N–H and O–H groups in total. The van der Waals surface area contributed by atoms with Crippen molar-refractivity contribution >= 4 is 17.5 Å². The summed E-state index contributed by atoms with van der Waals surface area (Å²) in [4.78, 5) is 26.9. The van der Waals surface area contributed by atoms with Crippen molar-refractivity contribution in [3.8, 4) is 0 Å². The number of carbonyl (C=O) groups excluding carboxylic acids is 2. The molecule has 9 nitrogen and oxygen atoms in total. The number of rotatable bonds is 7. The first-order chi connectivity index (χ1) is 17.5. The van der Waals surface area contributed by atoms with Crippen LogP contribution in [0.25, 0.3) is 5.57 Å². The highest BCUT2D eigenvalue weighted by molar-refractivity contribution is 5.96. The molecule has 1 aromatic heterocycles. The molecule has 4 rings (SSSR count). The van der Waals surface area contributed by atoms with E-state index in [0.717, 1.165) is 42.2 Å². The summed E-state index contributed by atoms with van der Waals surface area (Å²) in [6.07, 6.45) is 7.72. The fourth-order valence-corrected chi connectivity index (χ4v) is 4.41. The second-order valence-corrected chi connectivity index (χ2v) is 10.1. The summed E-state index contributed by atoms with van der Waals surface area (Å²) in [6, 6.07) is 2.53. The summed E-state index contributed by atoms with van der Waals surface area (Å²) in [5.74, 6) is 0.581. The van der Waals surface area contributed by atoms with E-state index in [4.69, 9.17) is 0 Å². The molecule has 1 aromatic carbocycles. The fraction of sp³-hybridized carbons (Fsp3) is 0.407. The van der Waals surface area contributed by atoms with Crippen LogP contribution in [0.4, 0.5) is 9.18 Å². The molecule has 3 heterocycles. The smallest absolute Gasteiger partial charge is 0.317 e. The van der Waals surface area contributed by atoms with Crippen molar-refractivity contribution in [1.29, 1.82) is 0 Å². The molecule has 0 saturated carbocycles. The van der Waals surface area contributed by atoms with E-state index in [0.29, 0.717) is 24.2 Å². The number of nitrogens with one attached hydrogen (secondary N) is 2. The number of amides is 3. The summed E-state index contributed by atoms with van der Waals surface area (Å²) in [6.45, 7) is 10.7. The molecule has 0 saturated heterocycles. The van der Waals surface area contributed by atoms with E-state index in [2.05, 4.69) is 32.0 Å². The third-order valence-corrected chi connectivity index (χ3v) is 6.39. The van der Waals surface area contributed by atoms with Crippen LogP contribution >= 0.6 is 0 Å². The van der Waals surface area contributed by atoms with Crippen molar-refractivity contribution in [2.24, 2.45) is 0 Å². The molecule has 0 radical (unpaired) electrons. The summed E-state index contributed by atoms with van der Waals surface area (Å²) >= 11 is 0. The monoisotopic (exact) mass is 508 g/mol. The highest BCUT2D eigenvalue weighted by Crippen LogP contribution is 2.23. The predicted molar refractivity (Wildman–Crippen MR) is 138 cm³/mol. The fourth-order valence-electron chi connectivity index (χ4n) is 4.41. The Balaban J connectivity index is 1.38. The third kappa shape index (κ3) is 6.32. The van der Waals surface area contributed by atoms with Crippen LogP contribution in [-0.4, -0.2) is 55.4 Å². The van der Waals surface area contributed by atoms with Gasteiger partial charge in [-0.1, -0.05) is 18.7 Å². The number of fused-ring (bicyclic) bond motifs is 2. The number of benzene rings is 1. The summed E-state index contributed by atoms with van der Waals surface area (Å²) in [5.41, 5.74) is 1.58. The summed E-state index contributed by atoms with van der Waals surface area (Å²) < 4.78 is 16.9. The van der Waals surface area contributed by atoms with Crippen LogP contribution in [-0.2, 0) is 25.9 Å². The number of hydrogen-bond acceptors (Lipinski definition) is 5. The lowest BCUT2D eigenvalue weighted by Gasteiger charge is -2.30. The molecule has 0 fully saturated rings. The quantitative estimate of drug-likeness (QED) is 0.498. The Bertz CT molecular complexity index is 1290. The number of aryl methyl sites for hydroxylation is 1. The number of allylic oxidation sites excluding steroid dienone is 4. The maximum absolute atomic E-state index is 14.8. The Morgan fingerprint density at radius 1 is 1.22 bits per heavy atom. The van der Waals surface area contributed by atoms with E-state index in [1.807, 2.05) is 13.0 Å². The molecule has 0 bridgehead atoms. The average Bonchev–Trinajstić information content (AvgIpc) is 3.45. The van der Waals surface area contributed by atoms with Crippen molar-refractivity contribution < 1.29 is 19.1 Å². The van der Waals surface area contributed by atoms with Crippen LogP contribution in [0.1, 0.15) is 60.3 Å². The summed E-state index contributed by atoms with van der Waals surface area (Å²) in [7, 11) is 0. The number of aromatic nitrogens is 3. The SMILES string of the molecule is C=C(/C=C\C=C(/C)c1nnc2n1CCC2)NC(=O)c1cc2c(cc1F)CCN(C(=O)NCC(C)(C)O)C2. The average molecular weight is 509 g/mol. The van der Waals surface area contributed by atoms with Gasteiger partial charge >= 0.3 is 6.03 Å². The van der Waals surface area contributed by atoms with Gasteiger partial charge in [-0.3, -0.25) is 4.79 Å². The highest BCUT2D eigenvalue weighted by Gasteiger charge is 2.25. The van der Waals surface area contributed by atoms with Crippen LogP contribution in [0.15, 0.2) is 42.6 Å². The number of carbonyl (C=O) groups is 2. The first-order valence-corrected chi connectivity index (χ1v) is 12.4. The van der Waals surface area contributed by atoms with Gasteiger partial charge in [-0.2, -0.15) is 0 Å². The Hall–Kier alpha value is -3.79. The van der Waals surface area contributed by atoms with E-state index in [1.165, 1.54) is 12.1 Å². The van der Waals surface area contributed by atoms with E-state index in [-0.39, 0.29) is 24.7 Å². The Labute approximate surface area is 215 Å². The van der Waals surface area contributed by atoms with Gasteiger partial charge < -0.3 is 25.2 Å². The van der Waals surface area contributed by atoms with Gasteiger partial charge in [0, 0.05) is 38.3 Å². The Kier molecular flexibility index (Phi) is 7.58. The van der Waals surface area contributed by atoms with E-state index < -0.39 is 17.3 Å². The van der Waals surface area contributed by atoms with Crippen LogP contribution < -0.4 is 10.6 Å². The molecule has 2 aliphatic heterocycles. The molecule has 196 valence electrons. The van der Waals surface area contributed by atoms with Crippen molar-refractivity contribution in [3.63, 3.8) is 0 Å². The lowest BCUT2D eigenvalue weighted by molar-refractivity contribution is 0.0791. The minimum absolute atomic E-state index is 0.109. The lowest BCUT2D eigenvalue weighted by Crippen LogP contribution is -2.47. The molecule has 3 amide bonds. The molecular formula is C27H33FN6O3. The van der Waals surface area contributed by atoms with Crippen molar-refractivity contribution in [1.82, 2.24) is 30.3 Å². The zero-order chi connectivity index (χ0) is 26.7. The van der Waals surface area contributed by atoms with Gasteiger partial charge in [0.25, 0.3) is 5.91 Å². The molecule has 37 heavy (non-hydrogen) atoms. The first kappa shape index (κ1) is 26.3. The van der Waals surface area contributed by atoms with Crippen molar-refractivity contribution in [2.45, 2.75) is 58.7 Å². The normalized spacial score (nSPS) is 15.5. The Morgan fingerprint density at radius 2 is 2.00 bits per heavy atom. The van der Waals surface area contributed by atoms with Gasteiger partial charge in [-0.25, -0.2) is 9.18 Å². The molecule has 2 aliphatic rings.